The van der Waals surface area contributed by atoms with Crippen LogP contribution in [0.25, 0.3) is 0 Å². The van der Waals surface area contributed by atoms with E-state index < -0.39 is 0 Å². The summed E-state index contributed by atoms with van der Waals surface area (Å²) in [7, 11) is 0. The van der Waals surface area contributed by atoms with Crippen molar-refractivity contribution in [2.24, 2.45) is 0 Å². The number of para-hydroxylation sites is 2. The average molecular weight is 446 g/mol. The Morgan fingerprint density at radius 3 is 2.24 bits per heavy atom. The van der Waals surface area contributed by atoms with Crippen LogP contribution in [0.5, 0.6) is 5.75 Å². The fourth-order valence-electron chi connectivity index (χ4n) is 3.30. The Bertz CT molecular complexity index is 1020. The van der Waals surface area contributed by atoms with Crippen LogP contribution >= 0.6 is 0 Å². The normalized spacial score (nSPS) is 10.3. The van der Waals surface area contributed by atoms with Crippen LogP contribution < -0.4 is 20.7 Å². The quantitative estimate of drug-likeness (QED) is 0.322. The van der Waals surface area contributed by atoms with Gasteiger partial charge in [-0.2, -0.15) is 0 Å². The molecule has 0 aliphatic heterocycles. The molecule has 3 aromatic rings. The number of anilines is 3. The average Bonchev–Trinajstić information content (AvgIpc) is 2.83. The van der Waals surface area contributed by atoms with Crippen LogP contribution in [0.1, 0.15) is 31.7 Å². The molecule has 0 radical (unpaired) electrons. The summed E-state index contributed by atoms with van der Waals surface area (Å²) in [6.45, 7) is 2.65. The SMILES string of the molecule is CCCC(=O)Nc1ccc(NCC(=O)Nc2ccccc2OCCCc2ccccc2)cc1. The lowest BCUT2D eigenvalue weighted by Gasteiger charge is -2.13. The Hall–Kier alpha value is -3.80. The minimum absolute atomic E-state index is 0.00135. The lowest BCUT2D eigenvalue weighted by atomic mass is 10.1. The van der Waals surface area contributed by atoms with E-state index in [-0.39, 0.29) is 18.4 Å². The number of carbonyl (C=O) groups is 2. The highest BCUT2D eigenvalue weighted by Crippen LogP contribution is 2.24. The third kappa shape index (κ3) is 8.33. The molecule has 6 nitrogen and oxygen atoms in total. The van der Waals surface area contributed by atoms with Crippen LogP contribution in [0, 0.1) is 0 Å². The predicted molar refractivity (Wildman–Crippen MR) is 134 cm³/mol. The van der Waals surface area contributed by atoms with E-state index in [2.05, 4.69) is 28.1 Å². The van der Waals surface area contributed by atoms with E-state index in [1.165, 1.54) is 5.56 Å². The maximum atomic E-state index is 12.5. The van der Waals surface area contributed by atoms with Gasteiger partial charge >= 0.3 is 0 Å². The Morgan fingerprint density at radius 2 is 1.48 bits per heavy atom. The second kappa shape index (κ2) is 12.9. The van der Waals surface area contributed by atoms with Gasteiger partial charge in [-0.15, -0.1) is 0 Å². The summed E-state index contributed by atoms with van der Waals surface area (Å²) in [5.74, 6) is 0.486. The van der Waals surface area contributed by atoms with Crippen LogP contribution in [0.2, 0.25) is 0 Å². The largest absolute Gasteiger partial charge is 0.491 e. The first-order chi connectivity index (χ1) is 16.1. The number of ether oxygens (including phenoxy) is 1. The van der Waals surface area contributed by atoms with Crippen LogP contribution in [0.3, 0.4) is 0 Å². The van der Waals surface area contributed by atoms with E-state index in [1.54, 1.807) is 0 Å². The van der Waals surface area contributed by atoms with Crippen molar-refractivity contribution in [2.75, 3.05) is 29.1 Å². The summed E-state index contributed by atoms with van der Waals surface area (Å²) >= 11 is 0. The molecule has 0 bridgehead atoms. The van der Waals surface area contributed by atoms with E-state index in [4.69, 9.17) is 4.74 Å². The lowest BCUT2D eigenvalue weighted by Crippen LogP contribution is -2.22. The van der Waals surface area contributed by atoms with Gasteiger partial charge in [-0.3, -0.25) is 9.59 Å². The second-order valence-corrected chi connectivity index (χ2v) is 7.71. The number of hydrogen-bond donors (Lipinski definition) is 3. The number of carbonyl (C=O) groups excluding carboxylic acids is 2. The summed E-state index contributed by atoms with van der Waals surface area (Å²) in [6, 6.07) is 25.0. The van der Waals surface area contributed by atoms with Gasteiger partial charge in [0.15, 0.2) is 0 Å². The number of aryl methyl sites for hydroxylation is 1. The van der Waals surface area contributed by atoms with Gasteiger partial charge in [0.05, 0.1) is 18.8 Å². The van der Waals surface area contributed by atoms with Gasteiger partial charge in [-0.1, -0.05) is 49.4 Å². The molecule has 3 aromatic carbocycles. The molecule has 0 fully saturated rings. The van der Waals surface area contributed by atoms with E-state index in [1.807, 2.05) is 73.7 Å². The molecule has 3 rings (SSSR count). The number of amides is 2. The van der Waals surface area contributed by atoms with Crippen molar-refractivity contribution in [2.45, 2.75) is 32.6 Å². The van der Waals surface area contributed by atoms with Crippen molar-refractivity contribution in [1.29, 1.82) is 0 Å². The van der Waals surface area contributed by atoms with Crippen molar-refractivity contribution in [3.05, 3.63) is 84.4 Å². The predicted octanol–water partition coefficient (Wildman–Crippen LogP) is 5.49. The molecule has 0 aromatic heterocycles. The summed E-state index contributed by atoms with van der Waals surface area (Å²) in [5, 5.41) is 8.85. The lowest BCUT2D eigenvalue weighted by molar-refractivity contribution is -0.116. The molecular weight excluding hydrogens is 414 g/mol. The first-order valence-corrected chi connectivity index (χ1v) is 11.3. The summed E-state index contributed by atoms with van der Waals surface area (Å²) in [4.78, 5) is 24.1. The maximum absolute atomic E-state index is 12.5. The number of rotatable bonds is 12. The first-order valence-electron chi connectivity index (χ1n) is 11.3. The molecular formula is C27H31N3O3. The fourth-order valence-corrected chi connectivity index (χ4v) is 3.30. The Morgan fingerprint density at radius 1 is 0.788 bits per heavy atom. The molecule has 172 valence electrons. The maximum Gasteiger partial charge on any atom is 0.243 e. The monoisotopic (exact) mass is 445 g/mol. The van der Waals surface area contributed by atoms with Gasteiger partial charge in [-0.05, 0) is 61.2 Å². The zero-order chi connectivity index (χ0) is 23.3. The van der Waals surface area contributed by atoms with Crippen molar-refractivity contribution >= 4 is 28.9 Å². The van der Waals surface area contributed by atoms with E-state index >= 15 is 0 Å². The van der Waals surface area contributed by atoms with Crippen LogP contribution in [0.15, 0.2) is 78.9 Å². The van der Waals surface area contributed by atoms with Gasteiger partial charge in [0.25, 0.3) is 0 Å². The first kappa shape index (κ1) is 23.9. The summed E-state index contributed by atoms with van der Waals surface area (Å²) in [6.07, 6.45) is 3.14. The molecule has 0 aliphatic rings. The van der Waals surface area contributed by atoms with Gasteiger partial charge in [-0.25, -0.2) is 0 Å². The number of hydrogen-bond acceptors (Lipinski definition) is 4. The highest BCUT2D eigenvalue weighted by Gasteiger charge is 2.08. The fraction of sp³-hybridized carbons (Fsp3) is 0.259. The second-order valence-electron chi connectivity index (χ2n) is 7.71. The van der Waals surface area contributed by atoms with Crippen LogP contribution in [-0.4, -0.2) is 25.0 Å². The highest BCUT2D eigenvalue weighted by atomic mass is 16.5. The Kier molecular flexibility index (Phi) is 9.33. The van der Waals surface area contributed by atoms with Gasteiger partial charge < -0.3 is 20.7 Å². The molecule has 0 atom stereocenters. The smallest absolute Gasteiger partial charge is 0.243 e. The molecule has 0 saturated carbocycles. The zero-order valence-corrected chi connectivity index (χ0v) is 19.0. The van der Waals surface area contributed by atoms with Crippen LogP contribution in [0.4, 0.5) is 17.1 Å². The molecule has 33 heavy (non-hydrogen) atoms. The molecule has 0 heterocycles. The van der Waals surface area contributed by atoms with Crippen molar-refractivity contribution in [1.82, 2.24) is 0 Å². The zero-order valence-electron chi connectivity index (χ0n) is 19.0. The highest BCUT2D eigenvalue weighted by molar-refractivity contribution is 5.95. The molecule has 0 unspecified atom stereocenters. The Balaban J connectivity index is 1.44. The van der Waals surface area contributed by atoms with Gasteiger partial charge in [0.2, 0.25) is 11.8 Å². The molecule has 3 N–H and O–H groups in total. The minimum atomic E-state index is -0.171. The van der Waals surface area contributed by atoms with E-state index in [9.17, 15) is 9.59 Å². The van der Waals surface area contributed by atoms with E-state index in [0.717, 1.165) is 30.6 Å². The van der Waals surface area contributed by atoms with Gasteiger partial charge in [0, 0.05) is 17.8 Å². The minimum Gasteiger partial charge on any atom is -0.491 e. The molecule has 6 heteroatoms. The standard InChI is InChI=1S/C27H31N3O3/c1-2-9-26(31)29-23-17-15-22(16-18-23)28-20-27(32)30-24-13-6-7-14-25(24)33-19-8-12-21-10-4-3-5-11-21/h3-7,10-11,13-18,28H,2,8-9,12,19-20H2,1H3,(H,29,31)(H,30,32). The molecule has 0 saturated heterocycles. The Labute approximate surface area is 195 Å². The van der Waals surface area contributed by atoms with Crippen molar-refractivity contribution in [3.63, 3.8) is 0 Å². The van der Waals surface area contributed by atoms with E-state index in [0.29, 0.717) is 24.5 Å². The molecule has 0 spiro atoms. The topological polar surface area (TPSA) is 79.5 Å². The third-order valence-corrected chi connectivity index (χ3v) is 4.97. The number of benzene rings is 3. The molecule has 2 amide bonds. The van der Waals surface area contributed by atoms with Crippen LogP contribution in [-0.2, 0) is 16.0 Å². The van der Waals surface area contributed by atoms with Crippen molar-refractivity contribution in [3.8, 4) is 5.75 Å². The number of nitrogens with one attached hydrogen (secondary N) is 3. The summed E-state index contributed by atoms with van der Waals surface area (Å²) < 4.78 is 5.92. The van der Waals surface area contributed by atoms with Gasteiger partial charge in [0.1, 0.15) is 5.75 Å². The summed E-state index contributed by atoms with van der Waals surface area (Å²) in [5.41, 5.74) is 3.47. The van der Waals surface area contributed by atoms with Crippen molar-refractivity contribution < 1.29 is 14.3 Å². The third-order valence-electron chi connectivity index (χ3n) is 4.97. The molecule has 0 aliphatic carbocycles.